The van der Waals surface area contributed by atoms with Crippen molar-refractivity contribution in [3.05, 3.63) is 30.1 Å². The molecule has 3 amide bonds. The summed E-state index contributed by atoms with van der Waals surface area (Å²) in [4.78, 5) is 24.3. The molecular weight excluding hydrogens is 277 g/mol. The number of hydrogen-bond acceptors (Lipinski definition) is 4. The van der Waals surface area contributed by atoms with Gasteiger partial charge in [-0.2, -0.15) is 0 Å². The Hall–Kier alpha value is -2.15. The third-order valence-corrected chi connectivity index (χ3v) is 2.57. The fraction of sp³-hybridized carbons (Fsp3) is 0.429. The van der Waals surface area contributed by atoms with E-state index >= 15 is 0 Å². The van der Waals surface area contributed by atoms with Gasteiger partial charge in [0.05, 0.1) is 6.54 Å². The molecule has 1 aromatic rings. The van der Waals surface area contributed by atoms with E-state index in [1.165, 1.54) is 12.1 Å². The van der Waals surface area contributed by atoms with Crippen LogP contribution >= 0.6 is 0 Å². The van der Waals surface area contributed by atoms with Crippen molar-refractivity contribution in [1.29, 1.82) is 0 Å². The molecule has 0 radical (unpaired) electrons. The smallest absolute Gasteiger partial charge is 0.321 e. The molecule has 0 fully saturated rings. The zero-order valence-corrected chi connectivity index (χ0v) is 12.2. The Kier molecular flexibility index (Phi) is 7.17. The molecule has 0 atom stereocenters. The van der Waals surface area contributed by atoms with Gasteiger partial charge in [-0.25, -0.2) is 9.18 Å². The van der Waals surface area contributed by atoms with E-state index in [9.17, 15) is 14.0 Å². The van der Waals surface area contributed by atoms with E-state index in [0.717, 1.165) is 0 Å². The molecule has 0 aliphatic rings. The highest BCUT2D eigenvalue weighted by Gasteiger charge is 2.10. The van der Waals surface area contributed by atoms with Gasteiger partial charge >= 0.3 is 6.03 Å². The van der Waals surface area contributed by atoms with Gasteiger partial charge in [0.25, 0.3) is 0 Å². The minimum absolute atomic E-state index is 0.0533. The average Bonchev–Trinajstić information content (AvgIpc) is 2.40. The molecule has 0 spiro atoms. The molecule has 1 aromatic carbocycles. The second-order valence-corrected chi connectivity index (χ2v) is 4.42. The molecule has 0 heterocycles. The normalized spacial score (nSPS) is 10.3. The number of ether oxygens (including phenoxy) is 1. The maximum Gasteiger partial charge on any atom is 0.321 e. The summed E-state index contributed by atoms with van der Waals surface area (Å²) in [5.41, 5.74) is 0. The molecule has 0 aliphatic carbocycles. The molecule has 2 N–H and O–H groups in total. The molecule has 7 heteroatoms. The Bertz CT molecular complexity index is 482. The van der Waals surface area contributed by atoms with Gasteiger partial charge in [0.2, 0.25) is 5.91 Å². The largest absolute Gasteiger partial charge is 0.489 e. The Morgan fingerprint density at radius 2 is 2.05 bits per heavy atom. The summed E-state index contributed by atoms with van der Waals surface area (Å²) in [6, 6.07) is 5.61. The lowest BCUT2D eigenvalue weighted by Crippen LogP contribution is -2.44. The number of para-hydroxylation sites is 1. The summed E-state index contributed by atoms with van der Waals surface area (Å²) in [5, 5.41) is 4.66. The highest BCUT2D eigenvalue weighted by molar-refractivity contribution is 5.95. The maximum absolute atomic E-state index is 13.3. The monoisotopic (exact) mass is 297 g/mol. The van der Waals surface area contributed by atoms with Crippen molar-refractivity contribution >= 4 is 11.9 Å². The van der Waals surface area contributed by atoms with Crippen LogP contribution in [0.3, 0.4) is 0 Å². The molecule has 21 heavy (non-hydrogen) atoms. The fourth-order valence-corrected chi connectivity index (χ4v) is 1.57. The molecule has 0 saturated carbocycles. The van der Waals surface area contributed by atoms with Crippen molar-refractivity contribution in [2.24, 2.45) is 0 Å². The first-order valence-electron chi connectivity index (χ1n) is 6.66. The second-order valence-electron chi connectivity index (χ2n) is 4.42. The second kappa shape index (κ2) is 8.91. The van der Waals surface area contributed by atoms with Gasteiger partial charge in [0.15, 0.2) is 11.6 Å². The van der Waals surface area contributed by atoms with E-state index in [0.29, 0.717) is 13.1 Å². The van der Waals surface area contributed by atoms with E-state index in [2.05, 4.69) is 10.6 Å². The van der Waals surface area contributed by atoms with E-state index in [4.69, 9.17) is 4.74 Å². The third-order valence-electron chi connectivity index (χ3n) is 2.57. The zero-order valence-electron chi connectivity index (χ0n) is 12.2. The van der Waals surface area contributed by atoms with Crippen LogP contribution in [0.1, 0.15) is 6.92 Å². The third kappa shape index (κ3) is 6.71. The number of likely N-dealkylation sites (N-methyl/N-ethyl adjacent to an activating group) is 1. The van der Waals surface area contributed by atoms with Crippen molar-refractivity contribution < 1.29 is 18.7 Å². The van der Waals surface area contributed by atoms with Gasteiger partial charge in [0.1, 0.15) is 6.61 Å². The van der Waals surface area contributed by atoms with Crippen LogP contribution in [0.5, 0.6) is 5.75 Å². The number of halogens is 1. The number of carbonyl (C=O) groups excluding carboxylic acids is 2. The number of nitrogens with one attached hydrogen (secondary N) is 2. The van der Waals surface area contributed by atoms with Crippen molar-refractivity contribution in [2.45, 2.75) is 6.92 Å². The highest BCUT2D eigenvalue weighted by Crippen LogP contribution is 2.14. The van der Waals surface area contributed by atoms with Crippen molar-refractivity contribution in [3.63, 3.8) is 0 Å². The number of benzene rings is 1. The van der Waals surface area contributed by atoms with Crippen molar-refractivity contribution in [2.75, 3.05) is 33.3 Å². The Morgan fingerprint density at radius 3 is 2.71 bits per heavy atom. The van der Waals surface area contributed by atoms with Crippen LogP contribution < -0.4 is 15.4 Å². The van der Waals surface area contributed by atoms with Crippen LogP contribution in [0.2, 0.25) is 0 Å². The Balaban J connectivity index is 2.25. The number of imide groups is 1. The number of rotatable bonds is 7. The van der Waals surface area contributed by atoms with E-state index in [1.54, 1.807) is 31.0 Å². The number of urea groups is 1. The first-order valence-corrected chi connectivity index (χ1v) is 6.66. The predicted molar refractivity (Wildman–Crippen MR) is 76.6 cm³/mol. The molecule has 0 aromatic heterocycles. The predicted octanol–water partition coefficient (Wildman–Crippen LogP) is 0.982. The van der Waals surface area contributed by atoms with Crippen LogP contribution in [0.15, 0.2) is 24.3 Å². The summed E-state index contributed by atoms with van der Waals surface area (Å²) < 4.78 is 18.6. The van der Waals surface area contributed by atoms with E-state index in [-0.39, 0.29) is 18.9 Å². The maximum atomic E-state index is 13.3. The lowest BCUT2D eigenvalue weighted by Gasteiger charge is -2.16. The first kappa shape index (κ1) is 16.9. The van der Waals surface area contributed by atoms with Gasteiger partial charge in [-0.15, -0.1) is 0 Å². The van der Waals surface area contributed by atoms with Crippen LogP contribution in [0.4, 0.5) is 9.18 Å². The highest BCUT2D eigenvalue weighted by atomic mass is 19.1. The summed E-state index contributed by atoms with van der Waals surface area (Å²) in [6.07, 6.45) is 0. The van der Waals surface area contributed by atoms with Gasteiger partial charge < -0.3 is 10.1 Å². The number of amides is 3. The Labute approximate surface area is 123 Å². The molecular formula is C14H20FN3O3. The molecule has 6 nitrogen and oxygen atoms in total. The van der Waals surface area contributed by atoms with Crippen LogP contribution in [0, 0.1) is 5.82 Å². The summed E-state index contributed by atoms with van der Waals surface area (Å²) in [7, 11) is 1.71. The molecule has 0 saturated heterocycles. The van der Waals surface area contributed by atoms with Crippen molar-refractivity contribution in [1.82, 2.24) is 15.5 Å². The van der Waals surface area contributed by atoms with E-state index in [1.807, 2.05) is 0 Å². The lowest BCUT2D eigenvalue weighted by molar-refractivity contribution is -0.120. The fourth-order valence-electron chi connectivity index (χ4n) is 1.57. The molecule has 0 aliphatic heterocycles. The van der Waals surface area contributed by atoms with Gasteiger partial charge in [-0.05, 0) is 26.1 Å². The van der Waals surface area contributed by atoms with Crippen LogP contribution in [-0.4, -0.2) is 50.1 Å². The van der Waals surface area contributed by atoms with E-state index < -0.39 is 17.8 Å². The van der Waals surface area contributed by atoms with Gasteiger partial charge in [-0.1, -0.05) is 12.1 Å². The van der Waals surface area contributed by atoms with Crippen LogP contribution in [0.25, 0.3) is 0 Å². The van der Waals surface area contributed by atoms with Gasteiger partial charge in [-0.3, -0.25) is 15.0 Å². The number of hydrogen-bond donors (Lipinski definition) is 2. The number of carbonyl (C=O) groups is 2. The lowest BCUT2D eigenvalue weighted by atomic mass is 10.3. The SMILES string of the molecule is CCNC(=O)NC(=O)CN(C)CCOc1ccccc1F. The van der Waals surface area contributed by atoms with Gasteiger partial charge in [0, 0.05) is 13.1 Å². The van der Waals surface area contributed by atoms with Crippen molar-refractivity contribution in [3.8, 4) is 5.75 Å². The Morgan fingerprint density at radius 1 is 1.33 bits per heavy atom. The molecule has 0 unspecified atom stereocenters. The quantitative estimate of drug-likeness (QED) is 0.787. The topological polar surface area (TPSA) is 70.7 Å². The summed E-state index contributed by atoms with van der Waals surface area (Å²) in [5.74, 6) is -0.652. The summed E-state index contributed by atoms with van der Waals surface area (Å²) >= 11 is 0. The minimum atomic E-state index is -0.515. The number of nitrogens with zero attached hydrogens (tertiary/aromatic N) is 1. The van der Waals surface area contributed by atoms with Crippen LogP contribution in [-0.2, 0) is 4.79 Å². The molecule has 1 rings (SSSR count). The summed E-state index contributed by atoms with van der Waals surface area (Å²) in [6.45, 7) is 2.93. The zero-order chi connectivity index (χ0) is 15.7. The molecule has 0 bridgehead atoms. The minimum Gasteiger partial charge on any atom is -0.489 e. The standard InChI is InChI=1S/C14H20FN3O3/c1-3-16-14(20)17-13(19)10-18(2)8-9-21-12-7-5-4-6-11(12)15/h4-7H,3,8-10H2,1-2H3,(H2,16,17,19,20). The molecule has 116 valence electrons. The average molecular weight is 297 g/mol. The first-order chi connectivity index (χ1) is 10.0.